The summed E-state index contributed by atoms with van der Waals surface area (Å²) in [7, 11) is 1.60. The van der Waals surface area contributed by atoms with Crippen LogP contribution < -0.4 is 4.74 Å². The second-order valence-corrected chi connectivity index (χ2v) is 5.27. The standard InChI is InChI=1S/C13H17Cl2NO2/c1-9(2)16(13(17)12(14)15)8-10-6-4-5-7-11(10)18-3/h4-7,9,12H,8H2,1-3H3. The van der Waals surface area contributed by atoms with Crippen LogP contribution in [0.4, 0.5) is 0 Å². The maximum atomic E-state index is 11.9. The fraction of sp³-hybridized carbons (Fsp3) is 0.462. The Balaban J connectivity index is 2.93. The molecule has 0 saturated carbocycles. The Morgan fingerprint density at radius 1 is 1.33 bits per heavy atom. The molecule has 0 radical (unpaired) electrons. The molecule has 0 N–H and O–H groups in total. The number of hydrogen-bond acceptors (Lipinski definition) is 2. The quantitative estimate of drug-likeness (QED) is 0.779. The van der Waals surface area contributed by atoms with E-state index in [-0.39, 0.29) is 11.9 Å². The van der Waals surface area contributed by atoms with Crippen LogP contribution >= 0.6 is 23.2 Å². The molecule has 1 aromatic carbocycles. The number of ether oxygens (including phenoxy) is 1. The number of carbonyl (C=O) groups excluding carboxylic acids is 1. The Hall–Kier alpha value is -0.930. The van der Waals surface area contributed by atoms with Crippen molar-refractivity contribution >= 4 is 29.1 Å². The fourth-order valence-corrected chi connectivity index (χ4v) is 1.91. The third-order valence-corrected chi connectivity index (χ3v) is 3.00. The van der Waals surface area contributed by atoms with Gasteiger partial charge in [0.2, 0.25) is 0 Å². The summed E-state index contributed by atoms with van der Waals surface area (Å²) < 4.78 is 5.26. The molecular weight excluding hydrogens is 273 g/mol. The third kappa shape index (κ3) is 3.79. The second kappa shape index (κ2) is 6.86. The fourth-order valence-electron chi connectivity index (χ4n) is 1.66. The summed E-state index contributed by atoms with van der Waals surface area (Å²) in [6.07, 6.45) is 0. The smallest absolute Gasteiger partial charge is 0.256 e. The Morgan fingerprint density at radius 2 is 1.94 bits per heavy atom. The van der Waals surface area contributed by atoms with Crippen molar-refractivity contribution in [2.24, 2.45) is 0 Å². The average Bonchev–Trinajstić information content (AvgIpc) is 2.35. The Kier molecular flexibility index (Phi) is 5.76. The van der Waals surface area contributed by atoms with Crippen LogP contribution in [0.15, 0.2) is 24.3 Å². The van der Waals surface area contributed by atoms with E-state index in [0.29, 0.717) is 6.54 Å². The molecule has 1 amide bonds. The third-order valence-electron chi connectivity index (χ3n) is 2.63. The van der Waals surface area contributed by atoms with Crippen LogP contribution in [-0.4, -0.2) is 28.8 Å². The number of para-hydroxylation sites is 1. The van der Waals surface area contributed by atoms with Gasteiger partial charge in [0.1, 0.15) is 5.75 Å². The highest BCUT2D eigenvalue weighted by Gasteiger charge is 2.23. The van der Waals surface area contributed by atoms with Gasteiger partial charge in [-0.2, -0.15) is 0 Å². The minimum Gasteiger partial charge on any atom is -0.496 e. The Bertz CT molecular complexity index is 408. The summed E-state index contributed by atoms with van der Waals surface area (Å²) in [6, 6.07) is 7.58. The molecule has 3 nitrogen and oxygen atoms in total. The van der Waals surface area contributed by atoms with E-state index in [2.05, 4.69) is 0 Å². The molecule has 0 aromatic heterocycles. The highest BCUT2D eigenvalue weighted by atomic mass is 35.5. The minimum atomic E-state index is -1.04. The van der Waals surface area contributed by atoms with Crippen LogP contribution in [-0.2, 0) is 11.3 Å². The normalized spacial score (nSPS) is 10.8. The van der Waals surface area contributed by atoms with Gasteiger partial charge in [0.05, 0.1) is 7.11 Å². The second-order valence-electron chi connectivity index (χ2n) is 4.17. The molecule has 0 aliphatic heterocycles. The van der Waals surface area contributed by atoms with E-state index >= 15 is 0 Å². The molecule has 1 aromatic rings. The van der Waals surface area contributed by atoms with Crippen LogP contribution in [0.2, 0.25) is 0 Å². The Morgan fingerprint density at radius 3 is 2.44 bits per heavy atom. The molecule has 0 aliphatic carbocycles. The maximum Gasteiger partial charge on any atom is 0.256 e. The molecule has 0 unspecified atom stereocenters. The van der Waals surface area contributed by atoms with E-state index in [1.165, 1.54) is 0 Å². The molecule has 0 atom stereocenters. The van der Waals surface area contributed by atoms with Gasteiger partial charge < -0.3 is 9.64 Å². The number of amides is 1. The lowest BCUT2D eigenvalue weighted by molar-refractivity contribution is -0.131. The molecule has 1 rings (SSSR count). The molecule has 0 heterocycles. The van der Waals surface area contributed by atoms with Crippen molar-refractivity contribution in [3.05, 3.63) is 29.8 Å². The number of halogens is 2. The lowest BCUT2D eigenvalue weighted by Crippen LogP contribution is -2.39. The first-order valence-corrected chi connectivity index (χ1v) is 6.55. The van der Waals surface area contributed by atoms with Crippen molar-refractivity contribution < 1.29 is 9.53 Å². The molecule has 0 spiro atoms. The molecule has 0 aliphatic rings. The van der Waals surface area contributed by atoms with Crippen molar-refractivity contribution in [2.75, 3.05) is 7.11 Å². The van der Waals surface area contributed by atoms with Gasteiger partial charge in [-0.1, -0.05) is 41.4 Å². The molecule has 100 valence electrons. The summed E-state index contributed by atoms with van der Waals surface area (Å²) >= 11 is 11.3. The van der Waals surface area contributed by atoms with Crippen molar-refractivity contribution in [1.29, 1.82) is 0 Å². The number of nitrogens with zero attached hydrogens (tertiary/aromatic N) is 1. The van der Waals surface area contributed by atoms with Crippen LogP contribution in [0.3, 0.4) is 0 Å². The van der Waals surface area contributed by atoms with Crippen LogP contribution in [0.25, 0.3) is 0 Å². The van der Waals surface area contributed by atoms with Crippen molar-refractivity contribution in [1.82, 2.24) is 4.90 Å². The molecular formula is C13H17Cl2NO2. The van der Waals surface area contributed by atoms with Crippen LogP contribution in [0.5, 0.6) is 5.75 Å². The van der Waals surface area contributed by atoms with E-state index in [1.807, 2.05) is 38.1 Å². The van der Waals surface area contributed by atoms with Crippen LogP contribution in [0, 0.1) is 0 Å². The monoisotopic (exact) mass is 289 g/mol. The summed E-state index contributed by atoms with van der Waals surface area (Å²) in [5.74, 6) is 0.455. The summed E-state index contributed by atoms with van der Waals surface area (Å²) in [5, 5.41) is 0. The van der Waals surface area contributed by atoms with Gasteiger partial charge in [-0.25, -0.2) is 0 Å². The average molecular weight is 290 g/mol. The molecule has 5 heteroatoms. The molecule has 0 bridgehead atoms. The number of carbonyl (C=O) groups is 1. The summed E-state index contributed by atoms with van der Waals surface area (Å²) in [6.45, 7) is 4.27. The molecule has 0 saturated heterocycles. The summed E-state index contributed by atoms with van der Waals surface area (Å²) in [4.78, 5) is 12.5. The first-order chi connectivity index (χ1) is 8.47. The number of benzene rings is 1. The maximum absolute atomic E-state index is 11.9. The SMILES string of the molecule is COc1ccccc1CN(C(=O)C(Cl)Cl)C(C)C. The van der Waals surface area contributed by atoms with Crippen molar-refractivity contribution in [2.45, 2.75) is 31.3 Å². The lowest BCUT2D eigenvalue weighted by atomic mass is 10.1. The topological polar surface area (TPSA) is 29.5 Å². The number of rotatable bonds is 5. The van der Waals surface area contributed by atoms with Gasteiger partial charge in [0, 0.05) is 18.2 Å². The van der Waals surface area contributed by atoms with Crippen molar-refractivity contribution in [3.63, 3.8) is 0 Å². The van der Waals surface area contributed by atoms with Gasteiger partial charge in [-0.15, -0.1) is 0 Å². The zero-order valence-corrected chi connectivity index (χ0v) is 12.2. The van der Waals surface area contributed by atoms with Gasteiger partial charge in [-0.05, 0) is 19.9 Å². The number of hydrogen-bond donors (Lipinski definition) is 0. The predicted octanol–water partition coefficient (Wildman–Crippen LogP) is 3.24. The van der Waals surface area contributed by atoms with Gasteiger partial charge in [0.25, 0.3) is 5.91 Å². The first kappa shape index (κ1) is 15.1. The number of alkyl halides is 2. The predicted molar refractivity (Wildman–Crippen MR) is 74.2 cm³/mol. The zero-order valence-electron chi connectivity index (χ0n) is 10.7. The highest BCUT2D eigenvalue weighted by Crippen LogP contribution is 2.21. The van der Waals surface area contributed by atoms with Gasteiger partial charge in [-0.3, -0.25) is 4.79 Å². The number of methoxy groups -OCH3 is 1. The van der Waals surface area contributed by atoms with E-state index in [0.717, 1.165) is 11.3 Å². The zero-order chi connectivity index (χ0) is 13.7. The summed E-state index contributed by atoms with van der Waals surface area (Å²) in [5.41, 5.74) is 0.927. The largest absolute Gasteiger partial charge is 0.496 e. The van der Waals surface area contributed by atoms with E-state index in [4.69, 9.17) is 27.9 Å². The first-order valence-electron chi connectivity index (χ1n) is 5.68. The van der Waals surface area contributed by atoms with Gasteiger partial charge in [0.15, 0.2) is 4.84 Å². The van der Waals surface area contributed by atoms with E-state index in [9.17, 15) is 4.79 Å². The highest BCUT2D eigenvalue weighted by molar-refractivity contribution is 6.53. The van der Waals surface area contributed by atoms with Crippen molar-refractivity contribution in [3.8, 4) is 5.75 Å². The van der Waals surface area contributed by atoms with Gasteiger partial charge >= 0.3 is 0 Å². The lowest BCUT2D eigenvalue weighted by Gasteiger charge is -2.28. The van der Waals surface area contributed by atoms with E-state index in [1.54, 1.807) is 12.0 Å². The van der Waals surface area contributed by atoms with E-state index < -0.39 is 4.84 Å². The Labute approximate surface area is 118 Å². The van der Waals surface area contributed by atoms with Crippen LogP contribution in [0.1, 0.15) is 19.4 Å². The molecule has 18 heavy (non-hydrogen) atoms. The molecule has 0 fully saturated rings. The minimum absolute atomic E-state index is 0.0161.